The molecule has 106 valence electrons. The first kappa shape index (κ1) is 14.5. The van der Waals surface area contributed by atoms with Gasteiger partial charge in [0, 0.05) is 19.2 Å². The molecule has 0 saturated carbocycles. The van der Waals surface area contributed by atoms with Crippen LogP contribution < -0.4 is 10.1 Å². The van der Waals surface area contributed by atoms with Gasteiger partial charge in [0.25, 0.3) is 0 Å². The lowest BCUT2D eigenvalue weighted by Gasteiger charge is -2.06. The molecule has 2 aromatic rings. The summed E-state index contributed by atoms with van der Waals surface area (Å²) >= 11 is 0. The highest BCUT2D eigenvalue weighted by atomic mass is 16.5. The second-order valence-corrected chi connectivity index (χ2v) is 4.67. The maximum Gasteiger partial charge on any atom is 0.132 e. The first-order valence-corrected chi connectivity index (χ1v) is 6.96. The summed E-state index contributed by atoms with van der Waals surface area (Å²) in [4.78, 5) is 8.91. The van der Waals surface area contributed by atoms with Crippen molar-refractivity contribution in [3.05, 3.63) is 53.6 Å². The van der Waals surface area contributed by atoms with Gasteiger partial charge in [-0.1, -0.05) is 19.1 Å². The lowest BCUT2D eigenvalue weighted by molar-refractivity contribution is 0.414. The van der Waals surface area contributed by atoms with Gasteiger partial charge in [-0.25, -0.2) is 9.97 Å². The Kier molecular flexibility index (Phi) is 5.50. The van der Waals surface area contributed by atoms with Gasteiger partial charge in [-0.15, -0.1) is 0 Å². The quantitative estimate of drug-likeness (QED) is 0.786. The Labute approximate surface area is 120 Å². The molecule has 2 rings (SSSR count). The molecule has 0 spiro atoms. The second-order valence-electron chi connectivity index (χ2n) is 4.67. The summed E-state index contributed by atoms with van der Waals surface area (Å²) in [6.07, 6.45) is 3.70. The largest absolute Gasteiger partial charge is 0.497 e. The molecule has 0 atom stereocenters. The van der Waals surface area contributed by atoms with Gasteiger partial charge in [-0.05, 0) is 36.7 Å². The van der Waals surface area contributed by atoms with Crippen LogP contribution in [0.25, 0.3) is 0 Å². The maximum absolute atomic E-state index is 5.15. The molecule has 1 N–H and O–H groups in total. The average molecular weight is 271 g/mol. The van der Waals surface area contributed by atoms with Crippen molar-refractivity contribution in [3.63, 3.8) is 0 Å². The van der Waals surface area contributed by atoms with Crippen LogP contribution in [-0.2, 0) is 13.0 Å². The number of hydrogen-bond donors (Lipinski definition) is 1. The third-order valence-electron chi connectivity index (χ3n) is 3.02. The molecular weight excluding hydrogens is 250 g/mol. The molecule has 4 heteroatoms. The van der Waals surface area contributed by atoms with Crippen LogP contribution in [0.4, 0.5) is 0 Å². The summed E-state index contributed by atoms with van der Waals surface area (Å²) in [7, 11) is 1.67. The zero-order chi connectivity index (χ0) is 14.2. The summed E-state index contributed by atoms with van der Waals surface area (Å²) in [5, 5.41) is 3.35. The van der Waals surface area contributed by atoms with Crippen LogP contribution in [-0.4, -0.2) is 23.6 Å². The minimum Gasteiger partial charge on any atom is -0.497 e. The van der Waals surface area contributed by atoms with Crippen molar-refractivity contribution < 1.29 is 4.74 Å². The summed E-state index contributed by atoms with van der Waals surface area (Å²) in [5.41, 5.74) is 2.22. The molecule has 0 bridgehead atoms. The lowest BCUT2D eigenvalue weighted by atomic mass is 10.1. The van der Waals surface area contributed by atoms with Gasteiger partial charge in [0.2, 0.25) is 0 Å². The Morgan fingerprint density at radius 2 is 1.95 bits per heavy atom. The standard InChI is InChI=1S/C16H21N3O/c1-3-9-17-12-14-8-10-18-16(19-14)11-13-4-6-15(20-2)7-5-13/h4-8,10,17H,3,9,11-12H2,1-2H3. The van der Waals surface area contributed by atoms with E-state index in [1.54, 1.807) is 7.11 Å². The van der Waals surface area contributed by atoms with E-state index in [9.17, 15) is 0 Å². The average Bonchev–Trinajstić information content (AvgIpc) is 2.49. The molecule has 0 aliphatic heterocycles. The fraction of sp³-hybridized carbons (Fsp3) is 0.375. The van der Waals surface area contributed by atoms with E-state index in [1.807, 2.05) is 36.5 Å². The third kappa shape index (κ3) is 4.31. The molecule has 0 fully saturated rings. The van der Waals surface area contributed by atoms with E-state index in [4.69, 9.17) is 4.74 Å². The molecule has 0 amide bonds. The van der Waals surface area contributed by atoms with Gasteiger partial charge >= 0.3 is 0 Å². The van der Waals surface area contributed by atoms with E-state index in [0.29, 0.717) is 0 Å². The number of nitrogens with zero attached hydrogens (tertiary/aromatic N) is 2. The minimum absolute atomic E-state index is 0.742. The van der Waals surface area contributed by atoms with Crippen LogP contribution in [0.5, 0.6) is 5.75 Å². The SMILES string of the molecule is CCCNCc1ccnc(Cc2ccc(OC)cc2)n1. The monoisotopic (exact) mass is 271 g/mol. The van der Waals surface area contributed by atoms with Crippen molar-refractivity contribution in [1.29, 1.82) is 0 Å². The Morgan fingerprint density at radius 1 is 1.15 bits per heavy atom. The molecule has 0 saturated heterocycles. The Hall–Kier alpha value is -1.94. The predicted molar refractivity (Wildman–Crippen MR) is 79.8 cm³/mol. The molecule has 20 heavy (non-hydrogen) atoms. The van der Waals surface area contributed by atoms with Gasteiger partial charge < -0.3 is 10.1 Å². The Bertz CT molecular complexity index is 526. The van der Waals surface area contributed by atoms with Crippen molar-refractivity contribution in [2.75, 3.05) is 13.7 Å². The normalized spacial score (nSPS) is 10.5. The minimum atomic E-state index is 0.742. The van der Waals surface area contributed by atoms with E-state index in [-0.39, 0.29) is 0 Å². The highest BCUT2D eigenvalue weighted by Gasteiger charge is 2.02. The van der Waals surface area contributed by atoms with E-state index in [2.05, 4.69) is 22.2 Å². The van der Waals surface area contributed by atoms with Gasteiger partial charge in [0.15, 0.2) is 0 Å². The maximum atomic E-state index is 5.15. The second kappa shape index (κ2) is 7.60. The molecule has 0 unspecified atom stereocenters. The van der Waals surface area contributed by atoms with E-state index in [0.717, 1.165) is 43.2 Å². The van der Waals surface area contributed by atoms with Crippen LogP contribution >= 0.6 is 0 Å². The van der Waals surface area contributed by atoms with E-state index in [1.165, 1.54) is 5.56 Å². The predicted octanol–water partition coefficient (Wildman–Crippen LogP) is 2.58. The summed E-state index contributed by atoms with van der Waals surface area (Å²) in [6, 6.07) is 9.97. The molecule has 1 aromatic heterocycles. The highest BCUT2D eigenvalue weighted by Crippen LogP contribution is 2.13. The van der Waals surface area contributed by atoms with Gasteiger partial charge in [0.05, 0.1) is 12.8 Å². The number of aromatic nitrogens is 2. The van der Waals surface area contributed by atoms with Crippen molar-refractivity contribution in [2.45, 2.75) is 26.3 Å². The highest BCUT2D eigenvalue weighted by molar-refractivity contribution is 5.28. The number of methoxy groups -OCH3 is 1. The smallest absolute Gasteiger partial charge is 0.132 e. The van der Waals surface area contributed by atoms with E-state index < -0.39 is 0 Å². The molecule has 0 radical (unpaired) electrons. The number of rotatable bonds is 7. The van der Waals surface area contributed by atoms with Crippen molar-refractivity contribution >= 4 is 0 Å². The molecule has 1 aromatic carbocycles. The number of hydrogen-bond acceptors (Lipinski definition) is 4. The zero-order valence-corrected chi connectivity index (χ0v) is 12.1. The molecule has 1 heterocycles. The number of benzene rings is 1. The number of nitrogens with one attached hydrogen (secondary N) is 1. The zero-order valence-electron chi connectivity index (χ0n) is 12.1. The summed E-state index contributed by atoms with van der Waals surface area (Å²) in [6.45, 7) is 3.96. The number of ether oxygens (including phenoxy) is 1. The fourth-order valence-corrected chi connectivity index (χ4v) is 1.94. The fourth-order valence-electron chi connectivity index (χ4n) is 1.94. The van der Waals surface area contributed by atoms with Crippen LogP contribution in [0.1, 0.15) is 30.4 Å². The molecule has 4 nitrogen and oxygen atoms in total. The first-order chi connectivity index (χ1) is 9.81. The Balaban J connectivity index is 1.99. The van der Waals surface area contributed by atoms with Gasteiger partial charge in [-0.3, -0.25) is 0 Å². The van der Waals surface area contributed by atoms with Crippen LogP contribution in [0.3, 0.4) is 0 Å². The molecule has 0 aliphatic carbocycles. The first-order valence-electron chi connectivity index (χ1n) is 6.96. The van der Waals surface area contributed by atoms with Crippen molar-refractivity contribution in [1.82, 2.24) is 15.3 Å². The summed E-state index contributed by atoms with van der Waals surface area (Å²) in [5.74, 6) is 1.72. The topological polar surface area (TPSA) is 47.0 Å². The van der Waals surface area contributed by atoms with Crippen molar-refractivity contribution in [3.8, 4) is 5.75 Å². The lowest BCUT2D eigenvalue weighted by Crippen LogP contribution is -2.15. The third-order valence-corrected chi connectivity index (χ3v) is 3.02. The van der Waals surface area contributed by atoms with Crippen LogP contribution in [0, 0.1) is 0 Å². The van der Waals surface area contributed by atoms with E-state index >= 15 is 0 Å². The van der Waals surface area contributed by atoms with Crippen LogP contribution in [0.2, 0.25) is 0 Å². The van der Waals surface area contributed by atoms with Crippen molar-refractivity contribution in [2.24, 2.45) is 0 Å². The molecular formula is C16H21N3O. The van der Waals surface area contributed by atoms with Gasteiger partial charge in [0.1, 0.15) is 11.6 Å². The summed E-state index contributed by atoms with van der Waals surface area (Å²) < 4.78 is 5.15. The Morgan fingerprint density at radius 3 is 2.65 bits per heavy atom. The van der Waals surface area contributed by atoms with Crippen LogP contribution in [0.15, 0.2) is 36.5 Å². The van der Waals surface area contributed by atoms with Gasteiger partial charge in [-0.2, -0.15) is 0 Å². The molecule has 0 aliphatic rings.